The Bertz CT molecular complexity index is 1730. The normalized spacial score (nSPS) is 23.9. The number of nitrogens with zero attached hydrogens (tertiary/aromatic N) is 2. The lowest BCUT2D eigenvalue weighted by atomic mass is 10.0. The zero-order valence-corrected chi connectivity index (χ0v) is 35.3. The van der Waals surface area contributed by atoms with Crippen molar-refractivity contribution < 1.29 is 53.1 Å². The monoisotopic (exact) mass is 871 g/mol. The number of aliphatic hydroxyl groups excluding tert-OH is 1. The number of carbonyl (C=O) groups excluding carboxylic acids is 10. The molecule has 0 radical (unpaired) electrons. The largest absolute Gasteiger partial charge is 0.394 e. The summed E-state index contributed by atoms with van der Waals surface area (Å²) in [5.41, 5.74) is 0.749. The Morgan fingerprint density at radius 1 is 0.548 bits per heavy atom. The van der Waals surface area contributed by atoms with Gasteiger partial charge in [0, 0.05) is 84.5 Å². The summed E-state index contributed by atoms with van der Waals surface area (Å²) < 4.78 is 0. The van der Waals surface area contributed by atoms with E-state index in [1.165, 1.54) is 0 Å². The van der Waals surface area contributed by atoms with E-state index in [1.54, 1.807) is 35.2 Å². The van der Waals surface area contributed by atoms with E-state index in [0.717, 1.165) is 10.5 Å². The second-order valence-corrected chi connectivity index (χ2v) is 15.3. The second-order valence-electron chi connectivity index (χ2n) is 15.3. The molecule has 62 heavy (non-hydrogen) atoms. The van der Waals surface area contributed by atoms with Crippen LogP contribution in [0.4, 0.5) is 0 Å². The highest BCUT2D eigenvalue weighted by molar-refractivity contribution is 5.93. The van der Waals surface area contributed by atoms with E-state index >= 15 is 0 Å². The fraction of sp³-hybridized carbons (Fsp3) is 0.600. The third-order valence-corrected chi connectivity index (χ3v) is 9.70. The van der Waals surface area contributed by atoms with Gasteiger partial charge in [0.1, 0.15) is 31.2 Å². The van der Waals surface area contributed by atoms with Crippen LogP contribution in [-0.2, 0) is 54.4 Å². The summed E-state index contributed by atoms with van der Waals surface area (Å²) in [4.78, 5) is 133. The van der Waals surface area contributed by atoms with Crippen LogP contribution in [0.3, 0.4) is 0 Å². The number of benzene rings is 1. The van der Waals surface area contributed by atoms with Gasteiger partial charge in [-0.15, -0.1) is 0 Å². The molecular formula is C40H61N11O11. The molecular weight excluding hydrogens is 811 g/mol. The third-order valence-electron chi connectivity index (χ3n) is 9.70. The Labute approximate surface area is 360 Å². The molecule has 10 amide bonds. The Morgan fingerprint density at radius 2 is 1.03 bits per heavy atom. The predicted molar refractivity (Wildman–Crippen MR) is 222 cm³/mol. The molecule has 4 rings (SSSR count). The van der Waals surface area contributed by atoms with Gasteiger partial charge in [-0.05, 0) is 17.9 Å². The molecule has 3 aliphatic rings. The van der Waals surface area contributed by atoms with Crippen LogP contribution in [0.1, 0.15) is 51.5 Å². The van der Waals surface area contributed by atoms with E-state index in [2.05, 4.69) is 47.9 Å². The van der Waals surface area contributed by atoms with Crippen molar-refractivity contribution in [2.75, 3.05) is 78.6 Å². The Morgan fingerprint density at radius 3 is 1.61 bits per heavy atom. The molecule has 4 atom stereocenters. The fourth-order valence-electron chi connectivity index (χ4n) is 6.39. The van der Waals surface area contributed by atoms with Crippen molar-refractivity contribution in [1.29, 1.82) is 0 Å². The number of aliphatic hydroxyl groups is 1. The maximum atomic E-state index is 13.4. The number of nitrogens with one attached hydrogen (secondary N) is 9. The van der Waals surface area contributed by atoms with Gasteiger partial charge in [0.05, 0.1) is 13.2 Å². The maximum absolute atomic E-state index is 13.4. The molecule has 1 unspecified atom stereocenters. The van der Waals surface area contributed by atoms with Crippen molar-refractivity contribution in [2.24, 2.45) is 5.92 Å². The lowest BCUT2D eigenvalue weighted by Crippen LogP contribution is -2.52. The minimum Gasteiger partial charge on any atom is -0.394 e. The van der Waals surface area contributed by atoms with Crippen LogP contribution in [0.2, 0.25) is 0 Å². The zero-order chi connectivity index (χ0) is 45.4. The molecule has 0 spiro atoms. The molecule has 0 aromatic heterocycles. The SMILES string of the molecule is CC(C)C[C@@H]1NC(=O)CCNC(=O)CN2CC(=O)NCCC(=O)N[C@@H](CO)C(=O)NCCN(CCNC1=O)CCC(=O)N[C@@H](Cc1ccccc1)C(=O)NCCC(=O)NCC2=O. The number of rotatable bonds is 5. The summed E-state index contributed by atoms with van der Waals surface area (Å²) in [6, 6.07) is 5.62. The minimum atomic E-state index is -1.35. The minimum absolute atomic E-state index is 0.000168. The van der Waals surface area contributed by atoms with Gasteiger partial charge in [-0.2, -0.15) is 0 Å². The second kappa shape index (κ2) is 26.9. The van der Waals surface area contributed by atoms with Crippen molar-refractivity contribution >= 4 is 59.1 Å². The highest BCUT2D eigenvalue weighted by Crippen LogP contribution is 2.07. The Hall–Kier alpha value is -6.16. The van der Waals surface area contributed by atoms with Crippen LogP contribution in [0.15, 0.2) is 30.3 Å². The molecule has 1 aromatic rings. The number of hydrogen-bond acceptors (Lipinski definition) is 12. The molecule has 3 aliphatic heterocycles. The first-order valence-corrected chi connectivity index (χ1v) is 20.8. The molecule has 342 valence electrons. The van der Waals surface area contributed by atoms with Gasteiger partial charge in [0.2, 0.25) is 59.1 Å². The maximum Gasteiger partial charge on any atom is 0.245 e. The van der Waals surface area contributed by atoms with Gasteiger partial charge in [-0.1, -0.05) is 44.2 Å². The molecule has 2 bridgehead atoms. The molecule has 0 saturated carbocycles. The first kappa shape index (κ1) is 50.2. The van der Waals surface area contributed by atoms with Gasteiger partial charge in [0.25, 0.3) is 0 Å². The number of amides is 10. The third kappa shape index (κ3) is 19.5. The van der Waals surface area contributed by atoms with Crippen molar-refractivity contribution in [1.82, 2.24) is 57.7 Å². The van der Waals surface area contributed by atoms with Crippen molar-refractivity contribution in [2.45, 2.75) is 70.5 Å². The molecule has 3 fully saturated rings. The van der Waals surface area contributed by atoms with Crippen LogP contribution in [-0.4, -0.2) is 171 Å². The van der Waals surface area contributed by atoms with Crippen LogP contribution in [0.25, 0.3) is 0 Å². The molecule has 22 nitrogen and oxygen atoms in total. The summed E-state index contributed by atoms with van der Waals surface area (Å²) in [7, 11) is 0. The highest BCUT2D eigenvalue weighted by Gasteiger charge is 2.26. The van der Waals surface area contributed by atoms with Gasteiger partial charge < -0.3 is 57.9 Å². The Balaban J connectivity index is 1.97. The average Bonchev–Trinajstić information content (AvgIpc) is 3.22. The van der Waals surface area contributed by atoms with E-state index in [1.807, 2.05) is 13.8 Å². The van der Waals surface area contributed by atoms with Gasteiger partial charge in [-0.25, -0.2) is 0 Å². The summed E-state index contributed by atoms with van der Waals surface area (Å²) >= 11 is 0. The van der Waals surface area contributed by atoms with Gasteiger partial charge in [-0.3, -0.25) is 52.8 Å². The van der Waals surface area contributed by atoms with Crippen LogP contribution < -0.4 is 47.9 Å². The summed E-state index contributed by atoms with van der Waals surface area (Å²) in [6.45, 7) is 0.999. The Kier molecular flexibility index (Phi) is 21.8. The standard InChI is InChI=1S/C40H61N11O11/c1-26(2)20-28-38(60)44-15-18-50-17-11-34(56)48-29(21-27-6-4-3-5-7-27)39(61)43-14-8-31(53)46-22-37(59)51(23-35(57)41-12-9-32(54)47-28)24-36(58)42-13-10-33(55)49-30(25-52)40(62)45-16-19-50/h3-7,26,28-30,52H,8-25H2,1-2H3,(H,41,57)(H,42,58)(H,43,61)(H,44,60)(H,45,62)(H,46,53)(H,47,54)(H,48,56)(H,49,55)/t28-,29-,30-/m0/s1. The lowest BCUT2D eigenvalue weighted by molar-refractivity contribution is -0.139. The average molecular weight is 872 g/mol. The van der Waals surface area contributed by atoms with Crippen molar-refractivity contribution in [3.8, 4) is 0 Å². The topological polar surface area (TPSA) is 306 Å². The summed E-state index contributed by atoms with van der Waals surface area (Å²) in [6.07, 6.45) is -0.494. The summed E-state index contributed by atoms with van der Waals surface area (Å²) in [5, 5.41) is 33.3. The lowest BCUT2D eigenvalue weighted by Gasteiger charge is -2.25. The van der Waals surface area contributed by atoms with Gasteiger partial charge in [0.15, 0.2) is 0 Å². The zero-order valence-electron chi connectivity index (χ0n) is 35.3. The van der Waals surface area contributed by atoms with E-state index in [-0.39, 0.29) is 96.8 Å². The predicted octanol–water partition coefficient (Wildman–Crippen LogP) is -4.86. The summed E-state index contributed by atoms with van der Waals surface area (Å²) in [5.74, 6) is -6.44. The van der Waals surface area contributed by atoms with Crippen molar-refractivity contribution in [3.05, 3.63) is 35.9 Å². The number of hydrogen-bond donors (Lipinski definition) is 10. The number of carbonyl (C=O) groups is 10. The van der Waals surface area contributed by atoms with Gasteiger partial charge >= 0.3 is 0 Å². The van der Waals surface area contributed by atoms with Crippen molar-refractivity contribution in [3.63, 3.8) is 0 Å². The smallest absolute Gasteiger partial charge is 0.245 e. The quantitative estimate of drug-likeness (QED) is 0.133. The molecule has 3 saturated heterocycles. The first-order chi connectivity index (χ1) is 29.6. The van der Waals surface area contributed by atoms with Crippen LogP contribution >= 0.6 is 0 Å². The molecule has 0 aliphatic carbocycles. The van der Waals surface area contributed by atoms with E-state index < -0.39 is 103 Å². The van der Waals surface area contributed by atoms with E-state index in [4.69, 9.17) is 0 Å². The van der Waals surface area contributed by atoms with Crippen LogP contribution in [0, 0.1) is 5.92 Å². The van der Waals surface area contributed by atoms with E-state index in [9.17, 15) is 53.1 Å². The number of fused-ring (bicyclic) bond motifs is 34. The van der Waals surface area contributed by atoms with E-state index in [0.29, 0.717) is 0 Å². The fourth-order valence-corrected chi connectivity index (χ4v) is 6.39. The molecule has 10 N–H and O–H groups in total. The molecule has 1 aromatic carbocycles. The highest BCUT2D eigenvalue weighted by atomic mass is 16.3. The first-order valence-electron chi connectivity index (χ1n) is 20.8. The molecule has 22 heteroatoms. The molecule has 3 heterocycles. The van der Waals surface area contributed by atoms with Crippen LogP contribution in [0.5, 0.6) is 0 Å².